The summed E-state index contributed by atoms with van der Waals surface area (Å²) < 4.78 is 41.4. The van der Waals surface area contributed by atoms with Crippen LogP contribution in [0.1, 0.15) is 48.0 Å². The Morgan fingerprint density at radius 2 is 1.84 bits per heavy atom. The number of carbonyl (C=O) groups is 2. The van der Waals surface area contributed by atoms with Crippen molar-refractivity contribution in [2.24, 2.45) is 5.41 Å². The number of ether oxygens (including phenoxy) is 1. The van der Waals surface area contributed by atoms with Gasteiger partial charge < -0.3 is 15.4 Å². The molecule has 7 nitrogen and oxygen atoms in total. The molecule has 0 spiro atoms. The van der Waals surface area contributed by atoms with E-state index in [-0.39, 0.29) is 24.2 Å². The molecule has 2 aromatic rings. The van der Waals surface area contributed by atoms with Crippen molar-refractivity contribution in [3.05, 3.63) is 53.0 Å². The number of hydrogen-bond acceptors (Lipinski definition) is 5. The first kappa shape index (κ1) is 25.1. The highest BCUT2D eigenvalue weighted by Gasteiger charge is 2.28. The fraction of sp³-hybridized carbons (Fsp3) is 0.455. The van der Waals surface area contributed by atoms with E-state index in [1.807, 2.05) is 20.8 Å². The molecule has 0 fully saturated rings. The molecule has 2 rings (SSSR count). The molecule has 0 saturated carbocycles. The van der Waals surface area contributed by atoms with Gasteiger partial charge in [0, 0.05) is 43.4 Å². The van der Waals surface area contributed by atoms with Gasteiger partial charge >= 0.3 is 6.18 Å². The Kier molecular flexibility index (Phi) is 8.18. The van der Waals surface area contributed by atoms with Gasteiger partial charge in [-0.05, 0) is 30.2 Å². The van der Waals surface area contributed by atoms with Crippen LogP contribution in [0, 0.1) is 12.3 Å². The number of amides is 2. The fourth-order valence-electron chi connectivity index (χ4n) is 2.65. The predicted octanol–water partition coefficient (Wildman–Crippen LogP) is 3.36. The van der Waals surface area contributed by atoms with Gasteiger partial charge in [-0.15, -0.1) is 0 Å². The first-order valence-electron chi connectivity index (χ1n) is 10.0. The van der Waals surface area contributed by atoms with Gasteiger partial charge in [-0.1, -0.05) is 20.8 Å². The number of hydrogen-bond donors (Lipinski definition) is 2. The maximum Gasteiger partial charge on any atom is 0.422 e. The average Bonchev–Trinajstić information content (AvgIpc) is 2.70. The number of aromatic nitrogens is 2. The van der Waals surface area contributed by atoms with E-state index in [1.165, 1.54) is 12.3 Å². The highest BCUT2D eigenvalue weighted by atomic mass is 19.4. The molecular formula is C22H27F3N4O3. The number of rotatable bonds is 8. The zero-order chi connectivity index (χ0) is 23.9. The number of aryl methyl sites for hydroxylation is 1. The summed E-state index contributed by atoms with van der Waals surface area (Å²) in [6.07, 6.45) is -1.12. The lowest BCUT2D eigenvalue weighted by Gasteiger charge is -2.17. The van der Waals surface area contributed by atoms with Gasteiger partial charge in [0.25, 0.3) is 5.91 Å². The second-order valence-electron chi connectivity index (χ2n) is 8.29. The van der Waals surface area contributed by atoms with Crippen molar-refractivity contribution in [2.75, 3.05) is 13.2 Å². The molecule has 2 amide bonds. The summed E-state index contributed by atoms with van der Waals surface area (Å²) in [4.78, 5) is 32.8. The minimum absolute atomic E-state index is 0.0925. The van der Waals surface area contributed by atoms with Crippen LogP contribution in [0.3, 0.4) is 0 Å². The lowest BCUT2D eigenvalue weighted by molar-refractivity contribution is -0.154. The molecule has 0 aliphatic carbocycles. The summed E-state index contributed by atoms with van der Waals surface area (Å²) in [5.41, 5.74) is 1.69. The van der Waals surface area contributed by atoms with Crippen molar-refractivity contribution in [2.45, 2.75) is 46.8 Å². The van der Waals surface area contributed by atoms with E-state index in [0.29, 0.717) is 35.3 Å². The lowest BCUT2D eigenvalue weighted by atomic mass is 9.95. The van der Waals surface area contributed by atoms with E-state index in [2.05, 4.69) is 25.3 Å². The smallest absolute Gasteiger partial charge is 0.422 e. The van der Waals surface area contributed by atoms with E-state index < -0.39 is 18.2 Å². The van der Waals surface area contributed by atoms with Gasteiger partial charge in [0.1, 0.15) is 0 Å². The number of nitrogens with one attached hydrogen (secondary N) is 2. The van der Waals surface area contributed by atoms with Crippen LogP contribution >= 0.6 is 0 Å². The van der Waals surface area contributed by atoms with Crippen LogP contribution in [-0.4, -0.2) is 41.1 Å². The van der Waals surface area contributed by atoms with E-state index in [1.54, 1.807) is 25.3 Å². The molecule has 2 aromatic heterocycles. The van der Waals surface area contributed by atoms with Crippen molar-refractivity contribution in [3.63, 3.8) is 0 Å². The van der Waals surface area contributed by atoms with Crippen molar-refractivity contribution in [1.29, 1.82) is 0 Å². The van der Waals surface area contributed by atoms with Crippen LogP contribution in [0.5, 0.6) is 5.88 Å². The fourth-order valence-corrected chi connectivity index (χ4v) is 2.65. The van der Waals surface area contributed by atoms with Gasteiger partial charge in [-0.3, -0.25) is 14.6 Å². The van der Waals surface area contributed by atoms with Gasteiger partial charge in [0.15, 0.2) is 6.61 Å². The molecule has 0 unspecified atom stereocenters. The van der Waals surface area contributed by atoms with Crippen LogP contribution in [0.2, 0.25) is 0 Å². The molecule has 0 aliphatic rings. The maximum atomic E-state index is 12.7. The Bertz CT molecular complexity index is 956. The largest absolute Gasteiger partial charge is 0.468 e. The van der Waals surface area contributed by atoms with Gasteiger partial charge in [-0.25, -0.2) is 4.98 Å². The molecule has 174 valence electrons. The van der Waals surface area contributed by atoms with E-state index >= 15 is 0 Å². The van der Waals surface area contributed by atoms with Crippen molar-refractivity contribution < 1.29 is 27.5 Å². The van der Waals surface area contributed by atoms with Crippen molar-refractivity contribution in [3.8, 4) is 5.88 Å². The zero-order valence-electron chi connectivity index (χ0n) is 18.5. The molecule has 2 heterocycles. The Morgan fingerprint density at radius 3 is 2.47 bits per heavy atom. The van der Waals surface area contributed by atoms with Crippen molar-refractivity contribution >= 4 is 11.8 Å². The predicted molar refractivity (Wildman–Crippen MR) is 112 cm³/mol. The third-order valence-electron chi connectivity index (χ3n) is 4.48. The van der Waals surface area contributed by atoms with Gasteiger partial charge in [0.05, 0.1) is 11.3 Å². The maximum absolute atomic E-state index is 12.7. The number of pyridine rings is 2. The number of nitrogens with zero attached hydrogens (tertiary/aromatic N) is 2. The molecule has 0 radical (unpaired) electrons. The summed E-state index contributed by atoms with van der Waals surface area (Å²) in [7, 11) is 0. The third-order valence-corrected chi connectivity index (χ3v) is 4.48. The Balaban J connectivity index is 1.96. The second-order valence-corrected chi connectivity index (χ2v) is 8.29. The first-order valence-corrected chi connectivity index (χ1v) is 10.0. The summed E-state index contributed by atoms with van der Waals surface area (Å²) >= 11 is 0. The lowest BCUT2D eigenvalue weighted by Crippen LogP contribution is -2.36. The van der Waals surface area contributed by atoms with Crippen LogP contribution < -0.4 is 15.4 Å². The molecule has 0 aromatic carbocycles. The highest BCUT2D eigenvalue weighted by molar-refractivity contribution is 5.95. The molecule has 10 heteroatoms. The monoisotopic (exact) mass is 452 g/mol. The number of halogens is 3. The first-order chi connectivity index (χ1) is 14.9. The molecule has 2 N–H and O–H groups in total. The molecule has 0 bridgehead atoms. The van der Waals surface area contributed by atoms with E-state index in [4.69, 9.17) is 0 Å². The zero-order valence-corrected chi connectivity index (χ0v) is 18.5. The second kappa shape index (κ2) is 10.4. The van der Waals surface area contributed by atoms with E-state index in [9.17, 15) is 22.8 Å². The van der Waals surface area contributed by atoms with Crippen LogP contribution in [0.4, 0.5) is 13.2 Å². The SMILES string of the molecule is Cc1cc(OCC(F)(F)F)ncc1CNC(=O)c1cccnc1CCNC(=O)C(C)(C)C. The Labute approximate surface area is 184 Å². The Morgan fingerprint density at radius 1 is 1.12 bits per heavy atom. The molecule has 32 heavy (non-hydrogen) atoms. The standard InChI is InChI=1S/C22H27F3N4O3/c1-14-10-18(32-13-22(23,24)25)28-11-15(14)12-29-19(30)16-6-5-8-26-17(16)7-9-27-20(31)21(2,3)4/h5-6,8,10-11H,7,9,12-13H2,1-4H3,(H,27,31)(H,29,30). The molecule has 0 atom stereocenters. The van der Waals surface area contributed by atoms with E-state index in [0.717, 1.165) is 0 Å². The Hall–Kier alpha value is -3.17. The third kappa shape index (κ3) is 7.82. The average molecular weight is 452 g/mol. The minimum atomic E-state index is -4.45. The summed E-state index contributed by atoms with van der Waals surface area (Å²) in [5, 5.41) is 5.59. The molecule has 0 aliphatic heterocycles. The number of alkyl halides is 3. The summed E-state index contributed by atoms with van der Waals surface area (Å²) in [6.45, 7) is 6.18. The summed E-state index contributed by atoms with van der Waals surface area (Å²) in [6, 6.07) is 4.68. The van der Waals surface area contributed by atoms with Crippen LogP contribution in [0.25, 0.3) is 0 Å². The normalized spacial score (nSPS) is 11.7. The number of carbonyl (C=O) groups excluding carboxylic acids is 2. The highest BCUT2D eigenvalue weighted by Crippen LogP contribution is 2.19. The van der Waals surface area contributed by atoms with Crippen LogP contribution in [-0.2, 0) is 17.8 Å². The molecule has 0 saturated heterocycles. The summed E-state index contributed by atoms with van der Waals surface area (Å²) in [5.74, 6) is -0.584. The van der Waals surface area contributed by atoms with Gasteiger partial charge in [0.2, 0.25) is 11.8 Å². The topological polar surface area (TPSA) is 93.2 Å². The van der Waals surface area contributed by atoms with Crippen LogP contribution in [0.15, 0.2) is 30.6 Å². The molecular weight excluding hydrogens is 425 g/mol. The van der Waals surface area contributed by atoms with Crippen molar-refractivity contribution in [1.82, 2.24) is 20.6 Å². The van der Waals surface area contributed by atoms with Gasteiger partial charge in [-0.2, -0.15) is 13.2 Å². The minimum Gasteiger partial charge on any atom is -0.468 e. The quantitative estimate of drug-likeness (QED) is 0.641.